The van der Waals surface area contributed by atoms with Gasteiger partial charge in [-0.2, -0.15) is 11.0 Å². The molecular formula is C72H81Br2Na3O12S5. The fraction of sp³-hybridized carbons (Fsp3) is 0.458. The van der Waals surface area contributed by atoms with Crippen molar-refractivity contribution in [2.75, 3.05) is 16.8 Å². The number of hydrogen-bond acceptors (Lipinski definition) is 13. The van der Waals surface area contributed by atoms with E-state index in [1.54, 1.807) is 0 Å². The van der Waals surface area contributed by atoms with Crippen molar-refractivity contribution in [3.8, 4) is 0 Å². The van der Waals surface area contributed by atoms with Crippen LogP contribution in [0.5, 0.6) is 0 Å². The SMILES string of the molecule is O=C(CBr)C12CC3CC(CC(C3)C1)C2.O=C(CS(=O)(=O)[O-])C12CC3CC(CC(C3)C1)C2.O=C(CS(=O)(=O)[O-])C12CC3CC(CC(C3)C1)C2.O=[S-](=O)[O-].[Br-].[Na+].[Na+].[Na+].c1ccc([S+](c2ccccc2)c2ccccc2)cc1.c1ccc([S+](c2ccccc2)c2ccccc2)cc1. The third kappa shape index (κ3) is 22.1. The first kappa shape index (κ1) is 81.7. The molecule has 0 aromatic heterocycles. The molecule has 0 heterocycles. The molecule has 0 amide bonds. The summed E-state index contributed by atoms with van der Waals surface area (Å²) in [7, 11) is -12.0. The Balaban J connectivity index is 0.000000182. The molecule has 6 aromatic carbocycles. The van der Waals surface area contributed by atoms with Gasteiger partial charge in [0.2, 0.25) is 0 Å². The minimum absolute atomic E-state index is 0. The van der Waals surface area contributed by atoms with Crippen LogP contribution in [0, 0.1) is 69.5 Å². The minimum Gasteiger partial charge on any atom is -1.00 e. The van der Waals surface area contributed by atoms with Gasteiger partial charge in [-0.15, -0.1) is 0 Å². The van der Waals surface area contributed by atoms with Crippen molar-refractivity contribution in [1.29, 1.82) is 0 Å². The molecule has 12 aliphatic rings. The summed E-state index contributed by atoms with van der Waals surface area (Å²) in [5.41, 5.74) is -0.781. The van der Waals surface area contributed by atoms with Gasteiger partial charge >= 0.3 is 88.7 Å². The van der Waals surface area contributed by atoms with Crippen LogP contribution < -0.4 is 106 Å². The smallest absolute Gasteiger partial charge is 1.00 e. The van der Waals surface area contributed by atoms with Crippen molar-refractivity contribution in [2.45, 2.75) is 145 Å². The number of rotatable bonds is 14. The average Bonchev–Trinajstić information content (AvgIpc) is 0.757. The van der Waals surface area contributed by atoms with E-state index < -0.39 is 53.6 Å². The fourth-order valence-corrected chi connectivity index (χ4v) is 24.3. The van der Waals surface area contributed by atoms with Crippen molar-refractivity contribution in [3.63, 3.8) is 0 Å². The Morgan fingerprint density at radius 3 is 0.649 bits per heavy atom. The Bertz CT molecular complexity index is 3190. The van der Waals surface area contributed by atoms with Gasteiger partial charge in [-0.3, -0.25) is 14.4 Å². The average molecular weight is 1530 g/mol. The third-order valence-corrected chi connectivity index (χ3v) is 26.7. The number of Topliss-reactive ketones (excluding diaryl/α,β-unsaturated/α-hetero) is 3. The van der Waals surface area contributed by atoms with Crippen molar-refractivity contribution in [1.82, 2.24) is 0 Å². The summed E-state index contributed by atoms with van der Waals surface area (Å²) in [6.07, 6.45) is 20.1. The van der Waals surface area contributed by atoms with Crippen LogP contribution in [0.2, 0.25) is 0 Å². The monoisotopic (exact) mass is 1520 g/mol. The zero-order valence-corrected chi connectivity index (χ0v) is 67.3. The van der Waals surface area contributed by atoms with E-state index in [1.165, 1.54) is 106 Å². The summed E-state index contributed by atoms with van der Waals surface area (Å²) in [5, 5.41) is 0.582. The van der Waals surface area contributed by atoms with Crippen molar-refractivity contribution in [2.24, 2.45) is 69.5 Å². The molecule has 12 nitrogen and oxygen atoms in total. The zero-order valence-electron chi connectivity index (χ0n) is 54.1. The predicted octanol–water partition coefficient (Wildman–Crippen LogP) is 2.81. The molecule has 0 aliphatic heterocycles. The van der Waals surface area contributed by atoms with Crippen LogP contribution in [-0.2, 0) is 75.8 Å². The Morgan fingerprint density at radius 2 is 0.511 bits per heavy atom. The number of carbonyl (C=O) groups excluding carboxylic acids is 3. The quantitative estimate of drug-likeness (QED) is 0.0384. The molecule has 0 saturated heterocycles. The molecule has 12 saturated carbocycles. The number of benzene rings is 6. The zero-order chi connectivity index (χ0) is 63.7. The Morgan fingerprint density at radius 1 is 0.362 bits per heavy atom. The molecule has 0 N–H and O–H groups in total. The van der Waals surface area contributed by atoms with Crippen LogP contribution in [0.25, 0.3) is 0 Å². The summed E-state index contributed by atoms with van der Waals surface area (Å²) in [6.45, 7) is 0. The van der Waals surface area contributed by atoms with Gasteiger partial charge in [0.05, 0.1) is 38.6 Å². The standard InChI is InChI=1S/2C18H15S.C12H17BrO.2C12H18O4S.BrH.3Na.O3S/c2*1-4-10-16(11-5-1)19(17-12-6-2-7-13-17)18-14-8-3-9-15-18;13-7-11(14)12-4-8-1-9(5-12)3-10(2-8)6-12;2*13-11(7-17(14,15)16)12-4-8-1-9(5-12)3-10(2-8)6-12;;;;;1-4(2)3/h2*1-15H;8-10H,1-7H2;2*8-10H,1-7H2,(H,14,15,16);1H;;;;/q2*+1;;;;;3*+1;-2/p-3. The first-order chi connectivity index (χ1) is 43.1. The molecule has 6 aromatic rings. The van der Waals surface area contributed by atoms with Gasteiger partial charge in [0.1, 0.15) is 26.0 Å². The van der Waals surface area contributed by atoms with Crippen LogP contribution in [0.15, 0.2) is 211 Å². The van der Waals surface area contributed by atoms with E-state index in [1.807, 2.05) is 0 Å². The molecule has 488 valence electrons. The van der Waals surface area contributed by atoms with Gasteiger partial charge < -0.3 is 39.1 Å². The van der Waals surface area contributed by atoms with Gasteiger partial charge in [-0.05, 0) is 242 Å². The summed E-state index contributed by atoms with van der Waals surface area (Å²) in [4.78, 5) is 44.5. The summed E-state index contributed by atoms with van der Waals surface area (Å²) >= 11 is 3.36. The number of alkyl halides is 1. The topological polar surface area (TPSA) is 223 Å². The van der Waals surface area contributed by atoms with Crippen LogP contribution in [0.1, 0.15) is 116 Å². The van der Waals surface area contributed by atoms with Crippen molar-refractivity contribution >= 4 is 86.3 Å². The van der Waals surface area contributed by atoms with E-state index in [4.69, 9.17) is 13.0 Å². The van der Waals surface area contributed by atoms with Gasteiger partial charge in [0.15, 0.2) is 40.9 Å². The molecule has 12 aliphatic carbocycles. The number of carbonyl (C=O) groups is 3. The third-order valence-electron chi connectivity index (χ3n) is 20.5. The van der Waals surface area contributed by atoms with E-state index in [2.05, 4.69) is 198 Å². The number of hydrogen-bond donors (Lipinski definition) is 0. The van der Waals surface area contributed by atoms with E-state index in [0.717, 1.165) is 56.3 Å². The predicted molar refractivity (Wildman–Crippen MR) is 352 cm³/mol. The second-order valence-electron chi connectivity index (χ2n) is 27.1. The molecule has 0 radical (unpaired) electrons. The molecular weight excluding hydrogens is 1450 g/mol. The first-order valence-corrected chi connectivity index (χ1v) is 39.4. The van der Waals surface area contributed by atoms with Crippen LogP contribution >= 0.6 is 15.9 Å². The van der Waals surface area contributed by atoms with E-state index in [-0.39, 0.29) is 144 Å². The van der Waals surface area contributed by atoms with E-state index in [9.17, 15) is 40.3 Å². The molecule has 12 bridgehead atoms. The van der Waals surface area contributed by atoms with E-state index in [0.29, 0.717) is 46.6 Å². The maximum atomic E-state index is 12.1. The first-order valence-electron chi connectivity index (χ1n) is 31.7. The summed E-state index contributed by atoms with van der Waals surface area (Å²) in [5.74, 6) is 4.57. The van der Waals surface area contributed by atoms with Crippen LogP contribution in [0.3, 0.4) is 0 Å². The Labute approximate surface area is 650 Å². The molecule has 0 spiro atoms. The largest absolute Gasteiger partial charge is 1.00 e. The maximum Gasteiger partial charge on any atom is 1.00 e. The molecule has 0 atom stereocenters. The molecule has 22 heteroatoms. The van der Waals surface area contributed by atoms with Crippen LogP contribution in [-0.4, -0.2) is 64.7 Å². The Hall–Kier alpha value is -1.28. The molecule has 0 unspecified atom stereocenters. The van der Waals surface area contributed by atoms with Gasteiger partial charge in [-0.25, -0.2) is 16.8 Å². The normalized spacial score (nSPS) is 27.9. The molecule has 94 heavy (non-hydrogen) atoms. The van der Waals surface area contributed by atoms with Gasteiger partial charge in [0.25, 0.3) is 0 Å². The van der Waals surface area contributed by atoms with Gasteiger partial charge in [-0.1, -0.05) is 125 Å². The van der Waals surface area contributed by atoms with E-state index >= 15 is 0 Å². The summed E-state index contributed by atoms with van der Waals surface area (Å²) in [6, 6.07) is 64.3. The fourth-order valence-electron chi connectivity index (χ4n) is 18.3. The van der Waals surface area contributed by atoms with Crippen molar-refractivity contribution in [3.05, 3.63) is 182 Å². The van der Waals surface area contributed by atoms with Crippen LogP contribution in [0.4, 0.5) is 0 Å². The number of halogens is 2. The molecule has 18 rings (SSSR count). The number of ketones is 3. The van der Waals surface area contributed by atoms with Crippen molar-refractivity contribution < 1.29 is 159 Å². The van der Waals surface area contributed by atoms with Gasteiger partial charge in [0, 0.05) is 16.2 Å². The minimum atomic E-state index is -4.42. The second kappa shape index (κ2) is 37.1. The summed E-state index contributed by atoms with van der Waals surface area (Å²) < 4.78 is 89.9. The second-order valence-corrected chi connectivity index (χ2v) is 34.9. The maximum absolute atomic E-state index is 12.1. The Kier molecular flexibility index (Phi) is 32.2. The molecule has 12 fully saturated rings.